The lowest BCUT2D eigenvalue weighted by molar-refractivity contribution is 0.0994. The molecule has 0 unspecified atom stereocenters. The van der Waals surface area contributed by atoms with Gasteiger partial charge in [0.1, 0.15) is 5.65 Å². The third kappa shape index (κ3) is 2.15. The van der Waals surface area contributed by atoms with Gasteiger partial charge in [0.15, 0.2) is 5.78 Å². The summed E-state index contributed by atoms with van der Waals surface area (Å²) < 4.78 is 0. The molecule has 0 aliphatic heterocycles. The van der Waals surface area contributed by atoms with E-state index in [-0.39, 0.29) is 5.78 Å². The lowest BCUT2D eigenvalue weighted by Crippen LogP contribution is -2.04. The molecular formula is C16H14N2O. The number of H-pyrrole nitrogens is 1. The molecule has 2 heterocycles. The number of hydrogen-bond acceptors (Lipinski definition) is 2. The molecule has 19 heavy (non-hydrogen) atoms. The predicted octanol–water partition coefficient (Wildman–Crippen LogP) is 3.30. The molecule has 3 rings (SSSR count). The van der Waals surface area contributed by atoms with Gasteiger partial charge >= 0.3 is 0 Å². The topological polar surface area (TPSA) is 45.8 Å². The maximum atomic E-state index is 12.4. The lowest BCUT2D eigenvalue weighted by Gasteiger charge is -2.04. The van der Waals surface area contributed by atoms with E-state index in [9.17, 15) is 4.79 Å². The summed E-state index contributed by atoms with van der Waals surface area (Å²) in [6.45, 7) is 2.03. The van der Waals surface area contributed by atoms with E-state index in [2.05, 4.69) is 9.97 Å². The number of benzene rings is 1. The van der Waals surface area contributed by atoms with Crippen LogP contribution in [0.1, 0.15) is 21.5 Å². The van der Waals surface area contributed by atoms with Crippen molar-refractivity contribution in [3.05, 3.63) is 65.5 Å². The first-order valence-corrected chi connectivity index (χ1v) is 6.25. The Bertz CT molecular complexity index is 743. The standard InChI is InChI=1S/C16H14N2O/c1-11-5-2-3-6-12(11)9-15(19)14-10-18-16-13(14)7-4-8-17-16/h2-8,10H,9H2,1H3,(H,17,18). The van der Waals surface area contributed by atoms with Crippen molar-refractivity contribution in [3.63, 3.8) is 0 Å². The minimum Gasteiger partial charge on any atom is -0.345 e. The van der Waals surface area contributed by atoms with Crippen molar-refractivity contribution in [2.24, 2.45) is 0 Å². The Labute approximate surface area is 111 Å². The molecule has 0 atom stereocenters. The van der Waals surface area contributed by atoms with Crippen LogP contribution in [0.2, 0.25) is 0 Å². The molecule has 2 aromatic heterocycles. The second-order valence-electron chi connectivity index (χ2n) is 4.63. The number of aromatic nitrogens is 2. The Morgan fingerprint density at radius 1 is 1.21 bits per heavy atom. The molecule has 0 fully saturated rings. The number of carbonyl (C=O) groups is 1. The second-order valence-corrected chi connectivity index (χ2v) is 4.63. The molecule has 3 nitrogen and oxygen atoms in total. The highest BCUT2D eigenvalue weighted by Crippen LogP contribution is 2.18. The number of nitrogens with zero attached hydrogens (tertiary/aromatic N) is 1. The second kappa shape index (κ2) is 4.69. The zero-order valence-corrected chi connectivity index (χ0v) is 10.7. The quantitative estimate of drug-likeness (QED) is 0.725. The Hall–Kier alpha value is -2.42. The van der Waals surface area contributed by atoms with E-state index in [0.29, 0.717) is 12.0 Å². The number of hydrogen-bond donors (Lipinski definition) is 1. The first-order chi connectivity index (χ1) is 9.25. The molecule has 94 valence electrons. The summed E-state index contributed by atoms with van der Waals surface area (Å²) >= 11 is 0. The number of pyridine rings is 1. The van der Waals surface area contributed by atoms with Crippen molar-refractivity contribution in [1.82, 2.24) is 9.97 Å². The first kappa shape index (κ1) is 11.7. The van der Waals surface area contributed by atoms with Crippen LogP contribution >= 0.6 is 0 Å². The maximum absolute atomic E-state index is 12.4. The van der Waals surface area contributed by atoms with Crippen LogP contribution in [-0.2, 0) is 6.42 Å². The minimum absolute atomic E-state index is 0.119. The molecule has 3 heteroatoms. The van der Waals surface area contributed by atoms with Crippen molar-refractivity contribution in [2.75, 3.05) is 0 Å². The van der Waals surface area contributed by atoms with Crippen LogP contribution in [-0.4, -0.2) is 15.8 Å². The molecule has 0 aliphatic carbocycles. The predicted molar refractivity (Wildman–Crippen MR) is 75.3 cm³/mol. The lowest BCUT2D eigenvalue weighted by atomic mass is 10.00. The highest BCUT2D eigenvalue weighted by atomic mass is 16.1. The Balaban J connectivity index is 1.95. The normalized spacial score (nSPS) is 10.8. The summed E-state index contributed by atoms with van der Waals surface area (Å²) in [5.74, 6) is 0.119. The van der Waals surface area contributed by atoms with Crippen molar-refractivity contribution in [1.29, 1.82) is 0 Å². The molecule has 1 aromatic carbocycles. The minimum atomic E-state index is 0.119. The highest BCUT2D eigenvalue weighted by Gasteiger charge is 2.13. The van der Waals surface area contributed by atoms with Gasteiger partial charge in [0.2, 0.25) is 0 Å². The van der Waals surface area contributed by atoms with E-state index in [1.165, 1.54) is 0 Å². The summed E-state index contributed by atoms with van der Waals surface area (Å²) in [5.41, 5.74) is 3.70. The van der Waals surface area contributed by atoms with E-state index in [4.69, 9.17) is 0 Å². The van der Waals surface area contributed by atoms with E-state index in [1.807, 2.05) is 43.3 Å². The monoisotopic (exact) mass is 250 g/mol. The molecule has 0 aliphatic rings. The number of Topliss-reactive ketones (excluding diaryl/α,β-unsaturated/α-hetero) is 1. The van der Waals surface area contributed by atoms with Crippen molar-refractivity contribution >= 4 is 16.8 Å². The van der Waals surface area contributed by atoms with Gasteiger partial charge in [0.25, 0.3) is 0 Å². The van der Waals surface area contributed by atoms with Gasteiger partial charge in [-0.25, -0.2) is 4.98 Å². The summed E-state index contributed by atoms with van der Waals surface area (Å²) in [6.07, 6.45) is 3.89. The fourth-order valence-electron chi connectivity index (χ4n) is 2.26. The molecule has 0 radical (unpaired) electrons. The fraction of sp³-hybridized carbons (Fsp3) is 0.125. The SMILES string of the molecule is Cc1ccccc1CC(=O)c1c[nH]c2ncccc12. The smallest absolute Gasteiger partial charge is 0.169 e. The Kier molecular flexibility index (Phi) is 2.88. The van der Waals surface area contributed by atoms with Gasteiger partial charge < -0.3 is 4.98 Å². The fourth-order valence-corrected chi connectivity index (χ4v) is 2.26. The number of nitrogens with one attached hydrogen (secondary N) is 1. The zero-order valence-electron chi connectivity index (χ0n) is 10.7. The van der Waals surface area contributed by atoms with Crippen LogP contribution in [0.5, 0.6) is 0 Å². The van der Waals surface area contributed by atoms with E-state index in [0.717, 1.165) is 22.2 Å². The number of rotatable bonds is 3. The molecule has 3 aromatic rings. The Morgan fingerprint density at radius 3 is 2.89 bits per heavy atom. The van der Waals surface area contributed by atoms with Crippen LogP contribution in [0.25, 0.3) is 11.0 Å². The summed E-state index contributed by atoms with van der Waals surface area (Å²) in [4.78, 5) is 19.6. The van der Waals surface area contributed by atoms with Crippen LogP contribution in [0.3, 0.4) is 0 Å². The molecule has 0 spiro atoms. The van der Waals surface area contributed by atoms with E-state index < -0.39 is 0 Å². The molecule has 0 saturated carbocycles. The largest absolute Gasteiger partial charge is 0.345 e. The van der Waals surface area contributed by atoms with Crippen LogP contribution < -0.4 is 0 Å². The molecule has 0 saturated heterocycles. The summed E-state index contributed by atoms with van der Waals surface area (Å²) in [6, 6.07) is 11.7. The van der Waals surface area contributed by atoms with Crippen LogP contribution in [0, 0.1) is 6.92 Å². The molecule has 1 N–H and O–H groups in total. The van der Waals surface area contributed by atoms with Gasteiger partial charge in [0.05, 0.1) is 0 Å². The van der Waals surface area contributed by atoms with Crippen LogP contribution in [0.15, 0.2) is 48.8 Å². The van der Waals surface area contributed by atoms with Crippen molar-refractivity contribution in [3.8, 4) is 0 Å². The number of ketones is 1. The van der Waals surface area contributed by atoms with Crippen molar-refractivity contribution < 1.29 is 4.79 Å². The summed E-state index contributed by atoms with van der Waals surface area (Å²) in [7, 11) is 0. The highest BCUT2D eigenvalue weighted by molar-refractivity contribution is 6.07. The Morgan fingerprint density at radius 2 is 2.05 bits per heavy atom. The van der Waals surface area contributed by atoms with Gasteiger partial charge in [-0.3, -0.25) is 4.79 Å². The molecule has 0 bridgehead atoms. The van der Waals surface area contributed by atoms with E-state index in [1.54, 1.807) is 12.4 Å². The maximum Gasteiger partial charge on any atom is 0.169 e. The third-order valence-electron chi connectivity index (χ3n) is 3.36. The van der Waals surface area contributed by atoms with Gasteiger partial charge in [-0.15, -0.1) is 0 Å². The number of carbonyl (C=O) groups excluding carboxylic acids is 1. The van der Waals surface area contributed by atoms with Crippen molar-refractivity contribution in [2.45, 2.75) is 13.3 Å². The zero-order chi connectivity index (χ0) is 13.2. The average molecular weight is 250 g/mol. The molecular weight excluding hydrogens is 236 g/mol. The molecule has 0 amide bonds. The average Bonchev–Trinajstić information content (AvgIpc) is 2.85. The van der Waals surface area contributed by atoms with Gasteiger partial charge in [0, 0.05) is 29.8 Å². The van der Waals surface area contributed by atoms with Crippen LogP contribution in [0.4, 0.5) is 0 Å². The number of aryl methyl sites for hydroxylation is 1. The third-order valence-corrected chi connectivity index (χ3v) is 3.36. The van der Waals surface area contributed by atoms with E-state index >= 15 is 0 Å². The summed E-state index contributed by atoms with van der Waals surface area (Å²) in [5, 5.41) is 0.890. The first-order valence-electron chi connectivity index (χ1n) is 6.25. The number of aromatic amines is 1. The van der Waals surface area contributed by atoms with Gasteiger partial charge in [-0.05, 0) is 30.2 Å². The van der Waals surface area contributed by atoms with Gasteiger partial charge in [-0.1, -0.05) is 24.3 Å². The number of fused-ring (bicyclic) bond motifs is 1. The van der Waals surface area contributed by atoms with Gasteiger partial charge in [-0.2, -0.15) is 0 Å².